The second-order valence-corrected chi connectivity index (χ2v) is 6.58. The molecular formula is C10H21ClN2O2S. The third-order valence-electron chi connectivity index (χ3n) is 2.93. The summed E-state index contributed by atoms with van der Waals surface area (Å²) in [6.07, 6.45) is 3.02. The van der Waals surface area contributed by atoms with Crippen LogP contribution in [-0.4, -0.2) is 37.7 Å². The summed E-state index contributed by atoms with van der Waals surface area (Å²) in [5.41, 5.74) is 0. The van der Waals surface area contributed by atoms with Crippen LogP contribution in [0.1, 0.15) is 33.1 Å². The number of hydrogen-bond acceptors (Lipinski definition) is 2. The molecular weight excluding hydrogens is 248 g/mol. The number of piperidine rings is 1. The van der Waals surface area contributed by atoms with E-state index in [-0.39, 0.29) is 12.0 Å². The van der Waals surface area contributed by atoms with Crippen molar-refractivity contribution in [2.45, 2.75) is 39.2 Å². The first-order valence-corrected chi connectivity index (χ1v) is 7.77. The number of nitrogens with one attached hydrogen (secondary N) is 1. The lowest BCUT2D eigenvalue weighted by Gasteiger charge is -2.32. The number of nitrogens with zero attached hydrogens (tertiary/aromatic N) is 1. The van der Waals surface area contributed by atoms with Crippen LogP contribution in [0, 0.1) is 5.92 Å². The SMILES string of the molecule is CC(CCl)CNS(=O)(=O)N1CCCCC1C. The highest BCUT2D eigenvalue weighted by atomic mass is 35.5. The van der Waals surface area contributed by atoms with Crippen LogP contribution >= 0.6 is 11.6 Å². The molecule has 0 bridgehead atoms. The molecule has 0 aromatic carbocycles. The van der Waals surface area contributed by atoms with Crippen molar-refractivity contribution in [3.05, 3.63) is 0 Å². The predicted molar refractivity (Wildman–Crippen MR) is 66.8 cm³/mol. The van der Waals surface area contributed by atoms with Gasteiger partial charge in [-0.2, -0.15) is 12.7 Å². The lowest BCUT2D eigenvalue weighted by atomic mass is 10.1. The predicted octanol–water partition coefficient (Wildman–Crippen LogP) is 1.57. The maximum Gasteiger partial charge on any atom is 0.279 e. The van der Waals surface area contributed by atoms with Crippen LogP contribution in [0.2, 0.25) is 0 Å². The highest BCUT2D eigenvalue weighted by Crippen LogP contribution is 2.19. The number of alkyl halides is 1. The van der Waals surface area contributed by atoms with Gasteiger partial charge in [-0.15, -0.1) is 11.6 Å². The minimum Gasteiger partial charge on any atom is -0.202 e. The summed E-state index contributed by atoms with van der Waals surface area (Å²) in [5, 5.41) is 0. The van der Waals surface area contributed by atoms with Crippen LogP contribution in [-0.2, 0) is 10.2 Å². The van der Waals surface area contributed by atoms with Gasteiger partial charge in [-0.25, -0.2) is 4.72 Å². The van der Waals surface area contributed by atoms with Crippen LogP contribution in [0.15, 0.2) is 0 Å². The molecule has 2 unspecified atom stereocenters. The Hall–Kier alpha value is 0.160. The first-order chi connectivity index (χ1) is 7.47. The highest BCUT2D eigenvalue weighted by Gasteiger charge is 2.29. The van der Waals surface area contributed by atoms with Gasteiger partial charge in [-0.05, 0) is 25.7 Å². The topological polar surface area (TPSA) is 49.4 Å². The third-order valence-corrected chi connectivity index (χ3v) is 5.15. The summed E-state index contributed by atoms with van der Waals surface area (Å²) in [7, 11) is -3.31. The van der Waals surface area contributed by atoms with E-state index in [4.69, 9.17) is 11.6 Å². The molecule has 1 saturated heterocycles. The van der Waals surface area contributed by atoms with Gasteiger partial charge in [0.05, 0.1) is 0 Å². The molecule has 1 aliphatic rings. The summed E-state index contributed by atoms with van der Waals surface area (Å²) < 4.78 is 28.2. The normalized spacial score (nSPS) is 25.6. The first-order valence-electron chi connectivity index (χ1n) is 5.79. The molecule has 0 aromatic rings. The molecule has 0 amide bonds. The minimum atomic E-state index is -3.31. The monoisotopic (exact) mass is 268 g/mol. The van der Waals surface area contributed by atoms with Crippen molar-refractivity contribution in [2.75, 3.05) is 19.0 Å². The lowest BCUT2D eigenvalue weighted by molar-refractivity contribution is 0.265. The number of rotatable bonds is 5. The van der Waals surface area contributed by atoms with Crippen LogP contribution < -0.4 is 4.72 Å². The zero-order valence-electron chi connectivity index (χ0n) is 9.95. The van der Waals surface area contributed by atoms with Gasteiger partial charge in [0.2, 0.25) is 0 Å². The van der Waals surface area contributed by atoms with E-state index in [1.54, 1.807) is 4.31 Å². The molecule has 96 valence electrons. The van der Waals surface area contributed by atoms with Gasteiger partial charge < -0.3 is 0 Å². The molecule has 0 aromatic heterocycles. The summed E-state index contributed by atoms with van der Waals surface area (Å²) in [4.78, 5) is 0. The second kappa shape index (κ2) is 6.19. The van der Waals surface area contributed by atoms with Crippen molar-refractivity contribution < 1.29 is 8.42 Å². The van der Waals surface area contributed by atoms with Gasteiger partial charge in [0, 0.05) is 25.0 Å². The Kier molecular flexibility index (Phi) is 5.50. The molecule has 6 heteroatoms. The zero-order chi connectivity index (χ0) is 12.2. The zero-order valence-corrected chi connectivity index (χ0v) is 11.5. The van der Waals surface area contributed by atoms with E-state index < -0.39 is 10.2 Å². The summed E-state index contributed by atoms with van der Waals surface area (Å²) in [6, 6.07) is 0.109. The molecule has 4 nitrogen and oxygen atoms in total. The molecule has 0 saturated carbocycles. The van der Waals surface area contributed by atoms with Crippen LogP contribution in [0.4, 0.5) is 0 Å². The summed E-state index contributed by atoms with van der Waals surface area (Å²) in [5.74, 6) is 0.634. The maximum atomic E-state index is 12.0. The van der Waals surface area contributed by atoms with Crippen molar-refractivity contribution >= 4 is 21.8 Å². The average Bonchev–Trinajstić information content (AvgIpc) is 2.26. The minimum absolute atomic E-state index is 0.109. The van der Waals surface area contributed by atoms with Gasteiger partial charge in [0.1, 0.15) is 0 Å². The van der Waals surface area contributed by atoms with Crippen molar-refractivity contribution in [1.29, 1.82) is 0 Å². The first kappa shape index (κ1) is 14.2. The van der Waals surface area contributed by atoms with E-state index in [2.05, 4.69) is 4.72 Å². The third kappa shape index (κ3) is 3.87. The Morgan fingerprint density at radius 2 is 2.19 bits per heavy atom. The largest absolute Gasteiger partial charge is 0.279 e. The molecule has 0 aliphatic carbocycles. The van der Waals surface area contributed by atoms with Gasteiger partial charge >= 0.3 is 0 Å². The Bertz CT molecular complexity index is 308. The van der Waals surface area contributed by atoms with Crippen LogP contribution in [0.3, 0.4) is 0 Å². The number of halogens is 1. The van der Waals surface area contributed by atoms with E-state index >= 15 is 0 Å². The van der Waals surface area contributed by atoms with Gasteiger partial charge in [0.25, 0.3) is 10.2 Å². The van der Waals surface area contributed by atoms with Crippen LogP contribution in [0.5, 0.6) is 0 Å². The van der Waals surface area contributed by atoms with Crippen molar-refractivity contribution in [3.8, 4) is 0 Å². The molecule has 1 fully saturated rings. The fourth-order valence-electron chi connectivity index (χ4n) is 1.81. The molecule has 16 heavy (non-hydrogen) atoms. The van der Waals surface area contributed by atoms with Gasteiger partial charge in [-0.3, -0.25) is 0 Å². The smallest absolute Gasteiger partial charge is 0.202 e. The summed E-state index contributed by atoms with van der Waals surface area (Å²) in [6.45, 7) is 4.93. The molecule has 1 heterocycles. The fraction of sp³-hybridized carbons (Fsp3) is 1.00. The Labute approximate surface area is 104 Å². The number of hydrogen-bond donors (Lipinski definition) is 1. The van der Waals surface area contributed by atoms with E-state index in [1.807, 2.05) is 13.8 Å². The molecule has 0 spiro atoms. The Morgan fingerprint density at radius 1 is 1.50 bits per heavy atom. The highest BCUT2D eigenvalue weighted by molar-refractivity contribution is 7.87. The van der Waals surface area contributed by atoms with E-state index in [0.29, 0.717) is 19.0 Å². The molecule has 2 atom stereocenters. The Morgan fingerprint density at radius 3 is 2.75 bits per heavy atom. The molecule has 1 rings (SSSR count). The maximum absolute atomic E-state index is 12.0. The van der Waals surface area contributed by atoms with Crippen LogP contribution in [0.25, 0.3) is 0 Å². The molecule has 0 radical (unpaired) electrons. The Balaban J connectivity index is 2.55. The van der Waals surface area contributed by atoms with Crippen molar-refractivity contribution in [3.63, 3.8) is 0 Å². The van der Waals surface area contributed by atoms with Gasteiger partial charge in [-0.1, -0.05) is 13.3 Å². The van der Waals surface area contributed by atoms with Gasteiger partial charge in [0.15, 0.2) is 0 Å². The van der Waals surface area contributed by atoms with Crippen molar-refractivity contribution in [2.24, 2.45) is 5.92 Å². The second-order valence-electron chi connectivity index (χ2n) is 4.57. The van der Waals surface area contributed by atoms with E-state index in [0.717, 1.165) is 19.3 Å². The lowest BCUT2D eigenvalue weighted by Crippen LogP contribution is -2.48. The van der Waals surface area contributed by atoms with E-state index in [9.17, 15) is 8.42 Å². The van der Waals surface area contributed by atoms with Crippen molar-refractivity contribution in [1.82, 2.24) is 9.03 Å². The summed E-state index contributed by atoms with van der Waals surface area (Å²) >= 11 is 5.65. The quantitative estimate of drug-likeness (QED) is 0.770. The average molecular weight is 269 g/mol. The molecule has 1 N–H and O–H groups in total. The fourth-order valence-corrected chi connectivity index (χ4v) is 3.53. The molecule has 1 aliphatic heterocycles. The standard InChI is InChI=1S/C10H21ClN2O2S/c1-9(7-11)8-12-16(14,15)13-6-4-3-5-10(13)2/h9-10,12H,3-8H2,1-2H3. The van der Waals surface area contributed by atoms with E-state index in [1.165, 1.54) is 0 Å².